The summed E-state index contributed by atoms with van der Waals surface area (Å²) in [4.78, 5) is 0.248. The predicted octanol–water partition coefficient (Wildman–Crippen LogP) is 4.43. The molecule has 0 N–H and O–H groups in total. The largest absolute Gasteiger partial charge is 0.267 e. The molecule has 0 radical (unpaired) electrons. The molecule has 3 nitrogen and oxygen atoms in total. The maximum absolute atomic E-state index is 12.8. The van der Waals surface area contributed by atoms with Crippen molar-refractivity contribution in [3.63, 3.8) is 0 Å². The lowest BCUT2D eigenvalue weighted by Gasteiger charge is -2.23. The van der Waals surface area contributed by atoms with Gasteiger partial charge in [-0.1, -0.05) is 34.1 Å². The van der Waals surface area contributed by atoms with Gasteiger partial charge in [-0.25, -0.2) is 8.42 Å². The molecule has 0 unspecified atom stereocenters. The molecule has 0 aliphatic carbocycles. The number of para-hydroxylation sites is 1. The number of hydrogen-bond donors (Lipinski definition) is 0. The Balaban J connectivity index is 2.56. The van der Waals surface area contributed by atoms with Gasteiger partial charge in [0.15, 0.2) is 0 Å². The molecular weight excluding hydrogens is 406 g/mol. The average Bonchev–Trinajstić information content (AvgIpc) is 2.43. The lowest BCUT2D eigenvalue weighted by atomic mass is 10.3. The van der Waals surface area contributed by atoms with Crippen molar-refractivity contribution < 1.29 is 8.42 Å². The maximum Gasteiger partial charge on any atom is 0.265 e. The first-order chi connectivity index (χ1) is 9.46. The highest BCUT2D eigenvalue weighted by molar-refractivity contribution is 9.11. The van der Waals surface area contributed by atoms with Crippen molar-refractivity contribution in [1.29, 1.82) is 0 Å². The number of sulfonamides is 1. The summed E-state index contributed by atoms with van der Waals surface area (Å²) < 4.78 is 28.3. The fraction of sp³-hybridized carbons (Fsp3) is 0.143. The summed E-state index contributed by atoms with van der Waals surface area (Å²) in [6, 6.07) is 14.2. The van der Waals surface area contributed by atoms with E-state index in [9.17, 15) is 8.42 Å². The topological polar surface area (TPSA) is 37.4 Å². The van der Waals surface area contributed by atoms with Crippen molar-refractivity contribution in [3.05, 3.63) is 57.5 Å². The van der Waals surface area contributed by atoms with Crippen LogP contribution < -0.4 is 4.31 Å². The van der Waals surface area contributed by atoms with E-state index in [4.69, 9.17) is 0 Å². The van der Waals surface area contributed by atoms with Crippen molar-refractivity contribution in [1.82, 2.24) is 0 Å². The Labute approximate surface area is 135 Å². The van der Waals surface area contributed by atoms with E-state index in [1.165, 1.54) is 4.31 Å². The van der Waals surface area contributed by atoms with Gasteiger partial charge in [0.2, 0.25) is 0 Å². The molecule has 2 rings (SSSR count). The van der Waals surface area contributed by atoms with Crippen LogP contribution in [0.1, 0.15) is 6.92 Å². The highest BCUT2D eigenvalue weighted by Gasteiger charge is 2.25. The van der Waals surface area contributed by atoms with Gasteiger partial charge in [-0.3, -0.25) is 4.31 Å². The summed E-state index contributed by atoms with van der Waals surface area (Å²) in [5.41, 5.74) is 0.655. The van der Waals surface area contributed by atoms with E-state index in [1.807, 2.05) is 25.1 Å². The van der Waals surface area contributed by atoms with Gasteiger partial charge in [-0.2, -0.15) is 0 Å². The zero-order valence-electron chi connectivity index (χ0n) is 10.8. The third kappa shape index (κ3) is 3.07. The molecule has 2 aromatic rings. The van der Waals surface area contributed by atoms with E-state index in [1.54, 1.807) is 30.3 Å². The molecule has 0 saturated heterocycles. The summed E-state index contributed by atoms with van der Waals surface area (Å²) >= 11 is 6.62. The lowest BCUT2D eigenvalue weighted by molar-refractivity contribution is 0.591. The Bertz CT molecular complexity index is 702. The van der Waals surface area contributed by atoms with Crippen LogP contribution in [0, 0.1) is 0 Å². The molecule has 0 aliphatic heterocycles. The molecule has 6 heteroatoms. The molecule has 106 valence electrons. The van der Waals surface area contributed by atoms with Crippen molar-refractivity contribution in [3.8, 4) is 0 Å². The molecule has 0 spiro atoms. The first-order valence-corrected chi connectivity index (χ1v) is 9.02. The third-order valence-corrected chi connectivity index (χ3v) is 6.18. The molecule has 0 atom stereocenters. The van der Waals surface area contributed by atoms with Crippen LogP contribution in [0.3, 0.4) is 0 Å². The van der Waals surface area contributed by atoms with Crippen LogP contribution in [0.25, 0.3) is 0 Å². The number of rotatable bonds is 4. The molecule has 20 heavy (non-hydrogen) atoms. The van der Waals surface area contributed by atoms with Crippen LogP contribution in [0.5, 0.6) is 0 Å². The summed E-state index contributed by atoms with van der Waals surface area (Å²) in [5, 5.41) is 0. The van der Waals surface area contributed by atoms with Gasteiger partial charge in [0.05, 0.1) is 5.69 Å². The third-order valence-electron chi connectivity index (χ3n) is 2.79. The van der Waals surface area contributed by atoms with Crippen molar-refractivity contribution >= 4 is 47.6 Å². The Hall–Kier alpha value is -0.850. The fourth-order valence-corrected chi connectivity index (χ4v) is 4.82. The Morgan fingerprint density at radius 2 is 1.70 bits per heavy atom. The fourth-order valence-electron chi connectivity index (χ4n) is 1.88. The smallest absolute Gasteiger partial charge is 0.265 e. The van der Waals surface area contributed by atoms with E-state index in [0.29, 0.717) is 16.7 Å². The molecule has 0 saturated carbocycles. The Morgan fingerprint density at radius 1 is 1.05 bits per heavy atom. The molecule has 2 aromatic carbocycles. The highest BCUT2D eigenvalue weighted by atomic mass is 79.9. The van der Waals surface area contributed by atoms with Crippen molar-refractivity contribution in [2.24, 2.45) is 0 Å². The quantitative estimate of drug-likeness (QED) is 0.736. The molecule has 0 amide bonds. The maximum atomic E-state index is 12.8. The second-order valence-electron chi connectivity index (χ2n) is 4.08. The predicted molar refractivity (Wildman–Crippen MR) is 88.5 cm³/mol. The minimum atomic E-state index is -3.60. The van der Waals surface area contributed by atoms with Gasteiger partial charge in [-0.15, -0.1) is 0 Å². The van der Waals surface area contributed by atoms with E-state index in [0.717, 1.165) is 4.47 Å². The standard InChI is InChI=1S/C14H13Br2NO2S/c1-2-17(12-6-4-3-5-7-12)20(18,19)14-10-11(15)8-9-13(14)16/h3-10H,2H2,1H3. The zero-order chi connectivity index (χ0) is 14.8. The molecule has 0 heterocycles. The summed E-state index contributed by atoms with van der Waals surface area (Å²) in [5.74, 6) is 0. The molecule has 0 bridgehead atoms. The van der Waals surface area contributed by atoms with Gasteiger partial charge >= 0.3 is 0 Å². The number of benzene rings is 2. The highest BCUT2D eigenvalue weighted by Crippen LogP contribution is 2.30. The van der Waals surface area contributed by atoms with Crippen LogP contribution in [-0.2, 0) is 10.0 Å². The minimum Gasteiger partial charge on any atom is -0.267 e. The second-order valence-corrected chi connectivity index (χ2v) is 7.68. The number of hydrogen-bond acceptors (Lipinski definition) is 2. The molecule has 0 aliphatic rings. The minimum absolute atomic E-state index is 0.248. The number of halogens is 2. The van der Waals surface area contributed by atoms with Crippen LogP contribution in [0.2, 0.25) is 0 Å². The van der Waals surface area contributed by atoms with Crippen LogP contribution in [0.4, 0.5) is 5.69 Å². The van der Waals surface area contributed by atoms with E-state index in [2.05, 4.69) is 31.9 Å². The van der Waals surface area contributed by atoms with Gasteiger partial charge in [0.25, 0.3) is 10.0 Å². The van der Waals surface area contributed by atoms with Crippen LogP contribution in [0.15, 0.2) is 62.4 Å². The van der Waals surface area contributed by atoms with Gasteiger partial charge in [-0.05, 0) is 53.2 Å². The first-order valence-electron chi connectivity index (χ1n) is 5.99. The van der Waals surface area contributed by atoms with Crippen LogP contribution in [-0.4, -0.2) is 15.0 Å². The average molecular weight is 419 g/mol. The second kappa shape index (κ2) is 6.28. The Morgan fingerprint density at radius 3 is 2.30 bits per heavy atom. The van der Waals surface area contributed by atoms with Gasteiger partial charge in [0, 0.05) is 15.5 Å². The van der Waals surface area contributed by atoms with Crippen molar-refractivity contribution in [2.45, 2.75) is 11.8 Å². The van der Waals surface area contributed by atoms with E-state index in [-0.39, 0.29) is 4.90 Å². The molecule has 0 fully saturated rings. The summed E-state index contributed by atoms with van der Waals surface area (Å²) in [6.07, 6.45) is 0. The normalized spacial score (nSPS) is 11.3. The molecular formula is C14H13Br2NO2S. The summed E-state index contributed by atoms with van der Waals surface area (Å²) in [6.45, 7) is 2.18. The Kier molecular flexibility index (Phi) is 4.88. The summed E-state index contributed by atoms with van der Waals surface area (Å²) in [7, 11) is -3.60. The monoisotopic (exact) mass is 417 g/mol. The SMILES string of the molecule is CCN(c1ccccc1)S(=O)(=O)c1cc(Br)ccc1Br. The van der Waals surface area contributed by atoms with Crippen LogP contribution >= 0.6 is 31.9 Å². The van der Waals surface area contributed by atoms with E-state index >= 15 is 0 Å². The van der Waals surface area contributed by atoms with Gasteiger partial charge < -0.3 is 0 Å². The van der Waals surface area contributed by atoms with Crippen molar-refractivity contribution in [2.75, 3.05) is 10.8 Å². The molecule has 0 aromatic heterocycles. The number of anilines is 1. The van der Waals surface area contributed by atoms with Gasteiger partial charge in [0.1, 0.15) is 4.90 Å². The lowest BCUT2D eigenvalue weighted by Crippen LogP contribution is -2.31. The number of nitrogens with zero attached hydrogens (tertiary/aromatic N) is 1. The van der Waals surface area contributed by atoms with E-state index < -0.39 is 10.0 Å². The first kappa shape index (κ1) is 15.5. The zero-order valence-corrected chi connectivity index (χ0v) is 14.7.